The SMILES string of the molecule is C=CCN(C(=O)C1N(CCCCCCO)C(=O)[C@@H]2[C@H](C(=O)N(CC=C)c3ccccc3)[C@H]3SC12CC3Br)c1ccc2ccccc2c1. The summed E-state index contributed by atoms with van der Waals surface area (Å²) in [6.07, 6.45) is 7.16. The zero-order valence-corrected chi connectivity index (χ0v) is 29.0. The molecule has 3 unspecified atom stereocenters. The van der Waals surface area contributed by atoms with E-state index in [9.17, 15) is 14.7 Å². The summed E-state index contributed by atoms with van der Waals surface area (Å²) >= 11 is 5.57. The summed E-state index contributed by atoms with van der Waals surface area (Å²) in [5, 5.41) is 11.3. The lowest BCUT2D eigenvalue weighted by molar-refractivity contribution is -0.139. The molecule has 7 nitrogen and oxygen atoms in total. The lowest BCUT2D eigenvalue weighted by Gasteiger charge is -2.38. The van der Waals surface area contributed by atoms with Crippen LogP contribution in [0.2, 0.25) is 0 Å². The van der Waals surface area contributed by atoms with Crippen molar-refractivity contribution in [3.8, 4) is 0 Å². The molecule has 3 fully saturated rings. The number of aliphatic hydroxyl groups excluding tert-OH is 1. The highest BCUT2D eigenvalue weighted by molar-refractivity contribution is 9.09. The van der Waals surface area contributed by atoms with E-state index in [1.54, 1.807) is 38.6 Å². The lowest BCUT2D eigenvalue weighted by Crippen LogP contribution is -2.56. The molecule has 3 heterocycles. The fourth-order valence-electron chi connectivity index (χ4n) is 7.86. The second-order valence-corrected chi connectivity index (χ2v) is 15.4. The van der Waals surface area contributed by atoms with Gasteiger partial charge in [0, 0.05) is 47.7 Å². The van der Waals surface area contributed by atoms with Gasteiger partial charge in [-0.15, -0.1) is 24.9 Å². The third-order valence-corrected chi connectivity index (χ3v) is 13.1. The molecule has 3 aliphatic heterocycles. The Hall–Kier alpha value is -3.40. The number of benzene rings is 3. The van der Waals surface area contributed by atoms with Gasteiger partial charge in [-0.25, -0.2) is 0 Å². The summed E-state index contributed by atoms with van der Waals surface area (Å²) in [6.45, 7) is 9.05. The van der Waals surface area contributed by atoms with Crippen LogP contribution < -0.4 is 9.80 Å². The number of likely N-dealkylation sites (tertiary alicyclic amines) is 1. The molecule has 3 aromatic carbocycles. The highest BCUT2D eigenvalue weighted by Gasteiger charge is 2.76. The summed E-state index contributed by atoms with van der Waals surface area (Å²) in [5.74, 6) is -1.57. The van der Waals surface area contributed by atoms with Crippen molar-refractivity contribution in [2.75, 3.05) is 36.0 Å². The number of anilines is 2. The Kier molecular flexibility index (Phi) is 10.2. The van der Waals surface area contributed by atoms with Gasteiger partial charge in [0.05, 0.1) is 16.6 Å². The predicted octanol–water partition coefficient (Wildman–Crippen LogP) is 6.60. The maximum absolute atomic E-state index is 15.0. The van der Waals surface area contributed by atoms with Gasteiger partial charge in [-0.1, -0.05) is 89.5 Å². The van der Waals surface area contributed by atoms with Crippen LogP contribution in [0.5, 0.6) is 0 Å². The van der Waals surface area contributed by atoms with Gasteiger partial charge in [-0.3, -0.25) is 14.4 Å². The van der Waals surface area contributed by atoms with E-state index in [1.165, 1.54) is 0 Å². The molecule has 3 saturated heterocycles. The number of hydrogen-bond donors (Lipinski definition) is 1. The largest absolute Gasteiger partial charge is 0.396 e. The number of para-hydroxylation sites is 1. The molecule has 1 N–H and O–H groups in total. The van der Waals surface area contributed by atoms with Crippen LogP contribution in [0.4, 0.5) is 11.4 Å². The van der Waals surface area contributed by atoms with Crippen LogP contribution in [0.1, 0.15) is 32.1 Å². The monoisotopic (exact) mass is 715 g/mol. The smallest absolute Gasteiger partial charge is 0.251 e. The van der Waals surface area contributed by atoms with Crippen molar-refractivity contribution >= 4 is 67.6 Å². The number of fused-ring (bicyclic) bond motifs is 2. The van der Waals surface area contributed by atoms with E-state index in [4.69, 9.17) is 0 Å². The first-order valence-corrected chi connectivity index (χ1v) is 18.3. The summed E-state index contributed by atoms with van der Waals surface area (Å²) in [4.78, 5) is 49.6. The van der Waals surface area contributed by atoms with Gasteiger partial charge < -0.3 is 19.8 Å². The van der Waals surface area contributed by atoms with Crippen LogP contribution in [-0.4, -0.2) is 74.8 Å². The molecule has 3 aromatic rings. The van der Waals surface area contributed by atoms with Crippen LogP contribution in [-0.2, 0) is 14.4 Å². The summed E-state index contributed by atoms with van der Waals surface area (Å²) in [5.41, 5.74) is 1.52. The number of carbonyl (C=O) groups excluding carboxylic acids is 3. The van der Waals surface area contributed by atoms with Crippen LogP contribution >= 0.6 is 27.7 Å². The van der Waals surface area contributed by atoms with E-state index in [-0.39, 0.29) is 34.4 Å². The Morgan fingerprint density at radius 1 is 0.894 bits per heavy atom. The van der Waals surface area contributed by atoms with Crippen molar-refractivity contribution in [2.24, 2.45) is 11.8 Å². The Morgan fingerprint density at radius 3 is 2.26 bits per heavy atom. The summed E-state index contributed by atoms with van der Waals surface area (Å²) < 4.78 is -0.759. The van der Waals surface area contributed by atoms with E-state index < -0.39 is 22.6 Å². The number of hydrogen-bond acceptors (Lipinski definition) is 5. The molecule has 2 bridgehead atoms. The summed E-state index contributed by atoms with van der Waals surface area (Å²) in [7, 11) is 0. The van der Waals surface area contributed by atoms with Crippen molar-refractivity contribution in [3.05, 3.63) is 98.1 Å². The first-order chi connectivity index (χ1) is 22.9. The number of unbranched alkanes of at least 4 members (excludes halogenated alkanes) is 3. The molecule has 6 rings (SSSR count). The number of halogens is 1. The van der Waals surface area contributed by atoms with Gasteiger partial charge in [0.2, 0.25) is 11.8 Å². The van der Waals surface area contributed by atoms with Crippen LogP contribution in [0.3, 0.4) is 0 Å². The predicted molar refractivity (Wildman–Crippen MR) is 195 cm³/mol. The van der Waals surface area contributed by atoms with Crippen molar-refractivity contribution < 1.29 is 19.5 Å². The highest BCUT2D eigenvalue weighted by atomic mass is 79.9. The average Bonchev–Trinajstić information content (AvgIpc) is 3.68. The molecule has 1 spiro atoms. The quantitative estimate of drug-likeness (QED) is 0.116. The standard InChI is InChI=1S/C38H42BrN3O4S/c1-3-20-40(28-16-8-7-9-17-28)35(44)31-32-36(45)42(22-12-5-6-13-23-43)34(38(32)25-30(39)33(31)47-38)37(46)41(21-4-2)29-19-18-26-14-10-11-15-27(26)24-29/h3-4,7-11,14-19,24,30-34,43H,1-2,5-6,12-13,20-23,25H2/t30?,31-,32-,33-,34?,38?/m0/s1. The van der Waals surface area contributed by atoms with Gasteiger partial charge in [0.25, 0.3) is 5.91 Å². The first kappa shape index (κ1) is 33.5. The molecule has 47 heavy (non-hydrogen) atoms. The fourth-order valence-corrected chi connectivity index (χ4v) is 11.5. The van der Waals surface area contributed by atoms with Crippen molar-refractivity contribution in [1.29, 1.82) is 0 Å². The minimum atomic E-state index is -0.759. The number of rotatable bonds is 14. The topological polar surface area (TPSA) is 81.2 Å². The number of nitrogens with zero attached hydrogens (tertiary/aromatic N) is 3. The summed E-state index contributed by atoms with van der Waals surface area (Å²) in [6, 6.07) is 22.8. The number of amides is 3. The Bertz CT molecular complexity index is 1650. The van der Waals surface area contributed by atoms with E-state index >= 15 is 4.79 Å². The number of aliphatic hydroxyl groups is 1. The van der Waals surface area contributed by atoms with E-state index in [1.807, 2.05) is 72.8 Å². The number of carbonyl (C=O) groups is 3. The molecule has 9 heteroatoms. The average molecular weight is 717 g/mol. The number of alkyl halides is 1. The Labute approximate surface area is 289 Å². The number of thioether (sulfide) groups is 1. The molecular weight excluding hydrogens is 674 g/mol. The van der Waals surface area contributed by atoms with Crippen LogP contribution in [0.15, 0.2) is 98.1 Å². The van der Waals surface area contributed by atoms with Gasteiger partial charge >= 0.3 is 0 Å². The third kappa shape index (κ3) is 6.07. The second kappa shape index (κ2) is 14.4. The maximum atomic E-state index is 15.0. The normalized spacial score (nSPS) is 26.0. The Balaban J connectivity index is 1.40. The second-order valence-electron chi connectivity index (χ2n) is 12.7. The highest BCUT2D eigenvalue weighted by Crippen LogP contribution is 2.68. The molecule has 0 aromatic heterocycles. The van der Waals surface area contributed by atoms with Gasteiger partial charge in [0.1, 0.15) is 6.04 Å². The molecule has 0 saturated carbocycles. The van der Waals surface area contributed by atoms with Gasteiger partial charge in [-0.05, 0) is 54.3 Å². The zero-order valence-electron chi connectivity index (χ0n) is 26.5. The molecule has 6 atom stereocenters. The van der Waals surface area contributed by atoms with E-state index in [0.717, 1.165) is 35.0 Å². The maximum Gasteiger partial charge on any atom is 0.251 e. The molecular formula is C38H42BrN3O4S. The Morgan fingerprint density at radius 2 is 1.55 bits per heavy atom. The minimum absolute atomic E-state index is 0.0276. The van der Waals surface area contributed by atoms with Gasteiger partial charge in [-0.2, -0.15) is 0 Å². The van der Waals surface area contributed by atoms with Crippen molar-refractivity contribution in [2.45, 2.75) is 53.0 Å². The fraction of sp³-hybridized carbons (Fsp3) is 0.395. The first-order valence-electron chi connectivity index (χ1n) is 16.5. The molecule has 3 aliphatic rings. The molecule has 246 valence electrons. The van der Waals surface area contributed by atoms with Crippen molar-refractivity contribution in [3.63, 3.8) is 0 Å². The molecule has 0 aliphatic carbocycles. The van der Waals surface area contributed by atoms with Gasteiger partial charge in [0.15, 0.2) is 0 Å². The van der Waals surface area contributed by atoms with Crippen molar-refractivity contribution in [1.82, 2.24) is 4.90 Å². The molecule has 0 radical (unpaired) electrons. The molecule has 3 amide bonds. The third-order valence-electron chi connectivity index (χ3n) is 9.88. The minimum Gasteiger partial charge on any atom is -0.396 e. The van der Waals surface area contributed by atoms with E-state index in [2.05, 4.69) is 29.1 Å². The zero-order chi connectivity index (χ0) is 33.1. The van der Waals surface area contributed by atoms with Crippen LogP contribution in [0, 0.1) is 11.8 Å². The lowest BCUT2D eigenvalue weighted by atomic mass is 9.70. The van der Waals surface area contributed by atoms with Crippen LogP contribution in [0.25, 0.3) is 10.8 Å². The van der Waals surface area contributed by atoms with E-state index in [0.29, 0.717) is 38.9 Å².